The maximum Gasteiger partial charge on any atom is 0.141 e. The Kier molecular flexibility index (Phi) is 4.68. The lowest BCUT2D eigenvalue weighted by molar-refractivity contribution is -0.0814. The Labute approximate surface area is 108 Å². The van der Waals surface area contributed by atoms with Crippen molar-refractivity contribution in [3.63, 3.8) is 0 Å². The van der Waals surface area contributed by atoms with Gasteiger partial charge in [-0.05, 0) is 13.3 Å². The van der Waals surface area contributed by atoms with Gasteiger partial charge >= 0.3 is 0 Å². The molecule has 102 valence electrons. The SMILES string of the molecule is CCCn1ncnc1CN1CC(CO)OCC1C. The number of aliphatic hydroxyl groups is 1. The molecule has 0 saturated carbocycles. The molecule has 1 N–H and O–H groups in total. The van der Waals surface area contributed by atoms with Gasteiger partial charge in [0.05, 0.1) is 25.9 Å². The van der Waals surface area contributed by atoms with E-state index < -0.39 is 0 Å². The molecule has 6 heteroatoms. The molecule has 1 aromatic rings. The highest BCUT2D eigenvalue weighted by atomic mass is 16.5. The number of morpholine rings is 1. The molecule has 0 aromatic carbocycles. The van der Waals surface area contributed by atoms with Gasteiger partial charge in [0, 0.05) is 19.1 Å². The van der Waals surface area contributed by atoms with Crippen molar-refractivity contribution in [3.05, 3.63) is 12.2 Å². The van der Waals surface area contributed by atoms with Gasteiger partial charge < -0.3 is 9.84 Å². The van der Waals surface area contributed by atoms with Crippen LogP contribution in [0.25, 0.3) is 0 Å². The Balaban J connectivity index is 2.00. The van der Waals surface area contributed by atoms with Gasteiger partial charge in [-0.15, -0.1) is 0 Å². The highest BCUT2D eigenvalue weighted by molar-refractivity contribution is 4.88. The fraction of sp³-hybridized carbons (Fsp3) is 0.833. The van der Waals surface area contributed by atoms with E-state index >= 15 is 0 Å². The highest BCUT2D eigenvalue weighted by Gasteiger charge is 2.26. The summed E-state index contributed by atoms with van der Waals surface area (Å²) < 4.78 is 7.49. The fourth-order valence-electron chi connectivity index (χ4n) is 2.20. The van der Waals surface area contributed by atoms with Crippen molar-refractivity contribution in [1.82, 2.24) is 19.7 Å². The average Bonchev–Trinajstić information content (AvgIpc) is 2.80. The minimum absolute atomic E-state index is 0.0743. The van der Waals surface area contributed by atoms with Crippen molar-refractivity contribution in [1.29, 1.82) is 0 Å². The molecule has 2 rings (SSSR count). The number of rotatable bonds is 5. The maximum absolute atomic E-state index is 9.18. The number of aliphatic hydroxyl groups excluding tert-OH is 1. The Morgan fingerprint density at radius 2 is 2.39 bits per heavy atom. The molecule has 0 bridgehead atoms. The zero-order valence-corrected chi connectivity index (χ0v) is 11.1. The first kappa shape index (κ1) is 13.5. The number of hydrogen-bond acceptors (Lipinski definition) is 5. The van der Waals surface area contributed by atoms with Gasteiger partial charge in [0.15, 0.2) is 0 Å². The highest BCUT2D eigenvalue weighted by Crippen LogP contribution is 2.14. The molecule has 0 radical (unpaired) electrons. The van der Waals surface area contributed by atoms with Gasteiger partial charge in [0.25, 0.3) is 0 Å². The summed E-state index contributed by atoms with van der Waals surface area (Å²) in [6, 6.07) is 0.347. The number of nitrogens with zero attached hydrogens (tertiary/aromatic N) is 4. The summed E-state index contributed by atoms with van der Waals surface area (Å²) in [7, 11) is 0. The Bertz CT molecular complexity index is 369. The van der Waals surface area contributed by atoms with E-state index in [-0.39, 0.29) is 12.7 Å². The largest absolute Gasteiger partial charge is 0.394 e. The Morgan fingerprint density at radius 3 is 3.11 bits per heavy atom. The molecule has 2 unspecified atom stereocenters. The average molecular weight is 254 g/mol. The first-order chi connectivity index (χ1) is 8.74. The van der Waals surface area contributed by atoms with Crippen LogP contribution in [0.5, 0.6) is 0 Å². The van der Waals surface area contributed by atoms with Gasteiger partial charge in [-0.25, -0.2) is 9.67 Å². The van der Waals surface area contributed by atoms with Crippen LogP contribution in [-0.4, -0.2) is 56.7 Å². The molecule has 0 aliphatic carbocycles. The first-order valence-corrected chi connectivity index (χ1v) is 6.57. The monoisotopic (exact) mass is 254 g/mol. The van der Waals surface area contributed by atoms with E-state index in [1.165, 1.54) is 0 Å². The van der Waals surface area contributed by atoms with E-state index in [0.29, 0.717) is 12.6 Å². The summed E-state index contributed by atoms with van der Waals surface area (Å²) in [5.41, 5.74) is 0. The van der Waals surface area contributed by atoms with Gasteiger partial charge in [0.2, 0.25) is 0 Å². The van der Waals surface area contributed by atoms with Crippen molar-refractivity contribution in [2.45, 2.75) is 45.5 Å². The van der Waals surface area contributed by atoms with E-state index in [9.17, 15) is 5.11 Å². The van der Waals surface area contributed by atoms with Gasteiger partial charge in [-0.1, -0.05) is 6.92 Å². The van der Waals surface area contributed by atoms with Crippen LogP contribution in [0.3, 0.4) is 0 Å². The molecule has 1 fully saturated rings. The van der Waals surface area contributed by atoms with Crippen LogP contribution in [0.1, 0.15) is 26.1 Å². The van der Waals surface area contributed by atoms with Crippen LogP contribution in [0.15, 0.2) is 6.33 Å². The van der Waals surface area contributed by atoms with E-state index in [0.717, 1.165) is 31.9 Å². The lowest BCUT2D eigenvalue weighted by Gasteiger charge is -2.37. The smallest absolute Gasteiger partial charge is 0.141 e. The van der Waals surface area contributed by atoms with E-state index in [1.54, 1.807) is 6.33 Å². The zero-order chi connectivity index (χ0) is 13.0. The van der Waals surface area contributed by atoms with Crippen molar-refractivity contribution in [2.24, 2.45) is 0 Å². The van der Waals surface area contributed by atoms with E-state index in [2.05, 4.69) is 28.8 Å². The van der Waals surface area contributed by atoms with Gasteiger partial charge in [-0.3, -0.25) is 4.90 Å². The van der Waals surface area contributed by atoms with Crippen molar-refractivity contribution >= 4 is 0 Å². The van der Waals surface area contributed by atoms with E-state index in [1.807, 2.05) is 4.68 Å². The standard InChI is InChI=1S/C12H22N4O2/c1-3-4-16-12(13-9-14-16)6-15-5-11(7-17)18-8-10(15)2/h9-11,17H,3-8H2,1-2H3. The molecule has 18 heavy (non-hydrogen) atoms. The minimum Gasteiger partial charge on any atom is -0.394 e. The van der Waals surface area contributed by atoms with Crippen molar-refractivity contribution < 1.29 is 9.84 Å². The topological polar surface area (TPSA) is 63.4 Å². The molecular weight excluding hydrogens is 232 g/mol. The quantitative estimate of drug-likeness (QED) is 0.817. The zero-order valence-electron chi connectivity index (χ0n) is 11.1. The van der Waals surface area contributed by atoms with Crippen LogP contribution in [0.4, 0.5) is 0 Å². The molecule has 2 heterocycles. The second kappa shape index (κ2) is 6.26. The minimum atomic E-state index is -0.0799. The predicted molar refractivity (Wildman–Crippen MR) is 67.0 cm³/mol. The Hall–Kier alpha value is -0.980. The van der Waals surface area contributed by atoms with Crippen LogP contribution in [0, 0.1) is 0 Å². The fourth-order valence-corrected chi connectivity index (χ4v) is 2.20. The lowest BCUT2D eigenvalue weighted by atomic mass is 10.2. The third kappa shape index (κ3) is 3.07. The molecule has 2 atom stereocenters. The number of ether oxygens (including phenoxy) is 1. The summed E-state index contributed by atoms with van der Waals surface area (Å²) in [5, 5.41) is 13.4. The molecule has 6 nitrogen and oxygen atoms in total. The normalized spacial score (nSPS) is 25.5. The third-order valence-electron chi connectivity index (χ3n) is 3.31. The van der Waals surface area contributed by atoms with Gasteiger partial charge in [0.1, 0.15) is 12.2 Å². The predicted octanol–water partition coefficient (Wildman–Crippen LogP) is 0.270. The molecule has 1 aromatic heterocycles. The summed E-state index contributed by atoms with van der Waals surface area (Å²) in [5.74, 6) is 0.988. The first-order valence-electron chi connectivity index (χ1n) is 6.57. The molecular formula is C12H22N4O2. The molecule has 0 spiro atoms. The molecule has 1 aliphatic heterocycles. The van der Waals surface area contributed by atoms with Crippen LogP contribution in [0.2, 0.25) is 0 Å². The van der Waals surface area contributed by atoms with Crippen molar-refractivity contribution in [2.75, 3.05) is 19.8 Å². The van der Waals surface area contributed by atoms with Crippen LogP contribution >= 0.6 is 0 Å². The van der Waals surface area contributed by atoms with Crippen LogP contribution in [-0.2, 0) is 17.8 Å². The van der Waals surface area contributed by atoms with E-state index in [4.69, 9.17) is 4.74 Å². The summed E-state index contributed by atoms with van der Waals surface area (Å²) in [6.45, 7) is 7.41. The molecule has 1 saturated heterocycles. The molecule has 1 aliphatic rings. The second-order valence-electron chi connectivity index (χ2n) is 4.82. The number of hydrogen-bond donors (Lipinski definition) is 1. The maximum atomic E-state index is 9.18. The van der Waals surface area contributed by atoms with Crippen molar-refractivity contribution in [3.8, 4) is 0 Å². The van der Waals surface area contributed by atoms with Gasteiger partial charge in [-0.2, -0.15) is 5.10 Å². The second-order valence-corrected chi connectivity index (χ2v) is 4.82. The number of aromatic nitrogens is 3. The number of aryl methyl sites for hydroxylation is 1. The molecule has 0 amide bonds. The Morgan fingerprint density at radius 1 is 1.56 bits per heavy atom. The van der Waals surface area contributed by atoms with Crippen LogP contribution < -0.4 is 0 Å². The summed E-state index contributed by atoms with van der Waals surface area (Å²) >= 11 is 0. The summed E-state index contributed by atoms with van der Waals surface area (Å²) in [6.07, 6.45) is 2.58. The summed E-state index contributed by atoms with van der Waals surface area (Å²) in [4.78, 5) is 6.61. The lowest BCUT2D eigenvalue weighted by Crippen LogP contribution is -2.49. The third-order valence-corrected chi connectivity index (χ3v) is 3.31.